The second-order valence-corrected chi connectivity index (χ2v) is 11.3. The van der Waals surface area contributed by atoms with Crippen molar-refractivity contribution in [2.24, 2.45) is 0 Å². The molecule has 0 spiro atoms. The Balaban J connectivity index is 1.46. The van der Waals surface area contributed by atoms with Crippen LogP contribution in [0, 0.1) is 0 Å². The van der Waals surface area contributed by atoms with Crippen molar-refractivity contribution in [1.82, 2.24) is 25.3 Å². The van der Waals surface area contributed by atoms with Gasteiger partial charge in [-0.25, -0.2) is 0 Å². The second-order valence-electron chi connectivity index (χ2n) is 11.3. The summed E-state index contributed by atoms with van der Waals surface area (Å²) in [6.45, 7) is 3.28. The summed E-state index contributed by atoms with van der Waals surface area (Å²) in [7, 11) is 2.00. The van der Waals surface area contributed by atoms with Gasteiger partial charge in [0.2, 0.25) is 17.7 Å². The van der Waals surface area contributed by atoms with E-state index in [2.05, 4.69) is 15.5 Å². The number of aromatic hydroxyl groups is 1. The highest BCUT2D eigenvalue weighted by Gasteiger charge is 2.37. The summed E-state index contributed by atoms with van der Waals surface area (Å²) < 4.78 is 6.12. The van der Waals surface area contributed by atoms with E-state index in [0.717, 1.165) is 31.4 Å². The standard InChI is InChI=1S/C31H39N5O6/c1-34-13-5-14-35(17-16-34)30(40)26-19-28(38)32-25(18-21-9-11-23(37)12-10-21)31(41)36-15-4-6-22(36)20-42-27-8-3-2-7-24(27)29(39)33-26/h2-3,7-12,22,25-26,37H,4-6,13-20H2,1H3,(H,32,38)(H,33,39)/t22-,25+,26+/m1/s1. The summed E-state index contributed by atoms with van der Waals surface area (Å²) in [5.74, 6) is -1.10. The molecule has 2 aromatic rings. The first-order valence-electron chi connectivity index (χ1n) is 14.7. The van der Waals surface area contributed by atoms with Crippen LogP contribution in [0.4, 0.5) is 0 Å². The first-order valence-corrected chi connectivity index (χ1v) is 14.7. The number of para-hydroxylation sites is 1. The lowest BCUT2D eigenvalue weighted by atomic mass is 10.0. The average molecular weight is 578 g/mol. The molecule has 0 aromatic heterocycles. The Labute approximate surface area is 245 Å². The number of carbonyl (C=O) groups is 4. The maximum atomic E-state index is 13.9. The molecule has 0 aliphatic carbocycles. The van der Waals surface area contributed by atoms with Gasteiger partial charge >= 0.3 is 0 Å². The highest BCUT2D eigenvalue weighted by Crippen LogP contribution is 2.24. The third-order valence-corrected chi connectivity index (χ3v) is 8.26. The van der Waals surface area contributed by atoms with Gasteiger partial charge in [-0.3, -0.25) is 19.2 Å². The Bertz CT molecular complexity index is 1300. The lowest BCUT2D eigenvalue weighted by Gasteiger charge is -2.31. The number of hydrogen-bond acceptors (Lipinski definition) is 7. The van der Waals surface area contributed by atoms with Gasteiger partial charge in [0.1, 0.15) is 30.2 Å². The fraction of sp³-hybridized carbons (Fsp3) is 0.484. The zero-order chi connectivity index (χ0) is 29.6. The Hall–Kier alpha value is -4.12. The highest BCUT2D eigenvalue weighted by molar-refractivity contribution is 6.01. The Morgan fingerprint density at radius 3 is 2.55 bits per heavy atom. The van der Waals surface area contributed by atoms with E-state index >= 15 is 0 Å². The average Bonchev–Trinajstić information content (AvgIpc) is 3.35. The van der Waals surface area contributed by atoms with Crippen molar-refractivity contribution in [3.63, 3.8) is 0 Å². The van der Waals surface area contributed by atoms with Crippen LogP contribution in [0.15, 0.2) is 48.5 Å². The summed E-state index contributed by atoms with van der Waals surface area (Å²) in [4.78, 5) is 60.3. The second kappa shape index (κ2) is 13.2. The molecule has 3 aliphatic heterocycles. The van der Waals surface area contributed by atoms with E-state index < -0.39 is 23.9 Å². The molecule has 4 amide bonds. The molecule has 2 fully saturated rings. The van der Waals surface area contributed by atoms with E-state index in [1.807, 2.05) is 7.05 Å². The maximum absolute atomic E-state index is 13.9. The smallest absolute Gasteiger partial charge is 0.255 e. The molecular weight excluding hydrogens is 538 g/mol. The fourth-order valence-electron chi connectivity index (χ4n) is 5.90. The fourth-order valence-corrected chi connectivity index (χ4v) is 5.90. The van der Waals surface area contributed by atoms with E-state index in [0.29, 0.717) is 31.9 Å². The number of rotatable bonds is 3. The molecule has 2 saturated heterocycles. The molecular formula is C31H39N5O6. The summed E-state index contributed by atoms with van der Waals surface area (Å²) in [6, 6.07) is 11.1. The van der Waals surface area contributed by atoms with E-state index in [9.17, 15) is 24.3 Å². The normalized spacial score (nSPS) is 24.4. The number of amides is 4. The Morgan fingerprint density at radius 1 is 0.952 bits per heavy atom. The Morgan fingerprint density at radius 2 is 1.74 bits per heavy atom. The summed E-state index contributed by atoms with van der Waals surface area (Å²) in [6.07, 6.45) is 2.21. The van der Waals surface area contributed by atoms with Gasteiger partial charge in [-0.1, -0.05) is 24.3 Å². The lowest BCUT2D eigenvalue weighted by molar-refractivity contribution is -0.138. The van der Waals surface area contributed by atoms with Gasteiger partial charge in [-0.05, 0) is 62.7 Å². The molecule has 0 radical (unpaired) electrons. The van der Waals surface area contributed by atoms with Crippen molar-refractivity contribution < 1.29 is 29.0 Å². The quantitative estimate of drug-likeness (QED) is 0.499. The number of phenolic OH excluding ortho intramolecular Hbond substituents is 1. The molecule has 5 rings (SSSR count). The lowest BCUT2D eigenvalue weighted by Crippen LogP contribution is -2.55. The molecule has 224 valence electrons. The molecule has 2 aromatic carbocycles. The molecule has 0 bridgehead atoms. The third kappa shape index (κ3) is 7.02. The van der Waals surface area contributed by atoms with Crippen LogP contribution < -0.4 is 15.4 Å². The molecule has 3 N–H and O–H groups in total. The number of ether oxygens (including phenoxy) is 1. The number of nitrogens with zero attached hydrogens (tertiary/aromatic N) is 3. The van der Waals surface area contributed by atoms with Crippen molar-refractivity contribution >= 4 is 23.6 Å². The summed E-state index contributed by atoms with van der Waals surface area (Å²) >= 11 is 0. The first-order chi connectivity index (χ1) is 20.3. The summed E-state index contributed by atoms with van der Waals surface area (Å²) in [5, 5.41) is 15.4. The van der Waals surface area contributed by atoms with E-state index in [-0.39, 0.29) is 48.6 Å². The topological polar surface area (TPSA) is 132 Å². The SMILES string of the molecule is CN1CCCN(C(=O)[C@@H]2CC(=O)N[C@@H](Cc3ccc(O)cc3)C(=O)N3CCC[C@@H]3COc3ccccc3C(=O)N2)CC1. The van der Waals surface area contributed by atoms with Gasteiger partial charge in [0, 0.05) is 32.6 Å². The van der Waals surface area contributed by atoms with Crippen LogP contribution in [0.2, 0.25) is 0 Å². The van der Waals surface area contributed by atoms with E-state index in [4.69, 9.17) is 4.74 Å². The molecule has 3 atom stereocenters. The van der Waals surface area contributed by atoms with Gasteiger partial charge in [-0.2, -0.15) is 0 Å². The van der Waals surface area contributed by atoms with E-state index in [1.165, 1.54) is 12.1 Å². The van der Waals surface area contributed by atoms with Crippen molar-refractivity contribution in [2.45, 2.75) is 50.2 Å². The van der Waals surface area contributed by atoms with Crippen molar-refractivity contribution in [2.75, 3.05) is 46.4 Å². The van der Waals surface area contributed by atoms with Crippen LogP contribution in [0.3, 0.4) is 0 Å². The monoisotopic (exact) mass is 577 g/mol. The number of carbonyl (C=O) groups excluding carboxylic acids is 4. The number of phenols is 1. The zero-order valence-corrected chi connectivity index (χ0v) is 24.0. The minimum Gasteiger partial charge on any atom is -0.508 e. The van der Waals surface area contributed by atoms with E-state index in [1.54, 1.807) is 46.2 Å². The van der Waals surface area contributed by atoms with Crippen LogP contribution >= 0.6 is 0 Å². The van der Waals surface area contributed by atoms with Crippen LogP contribution in [0.25, 0.3) is 0 Å². The molecule has 3 aliphatic rings. The number of benzene rings is 2. The van der Waals surface area contributed by atoms with Gasteiger partial charge in [0.25, 0.3) is 5.91 Å². The van der Waals surface area contributed by atoms with Crippen molar-refractivity contribution in [3.8, 4) is 11.5 Å². The molecule has 11 nitrogen and oxygen atoms in total. The van der Waals surface area contributed by atoms with Crippen LogP contribution in [0.5, 0.6) is 11.5 Å². The van der Waals surface area contributed by atoms with Crippen LogP contribution in [-0.4, -0.2) is 108 Å². The number of hydrogen-bond donors (Lipinski definition) is 3. The molecule has 11 heteroatoms. The number of fused-ring (bicyclic) bond motifs is 2. The largest absolute Gasteiger partial charge is 0.508 e. The third-order valence-electron chi connectivity index (χ3n) is 8.26. The molecule has 3 heterocycles. The summed E-state index contributed by atoms with van der Waals surface area (Å²) in [5.41, 5.74) is 1.03. The van der Waals surface area contributed by atoms with Crippen molar-refractivity contribution in [3.05, 3.63) is 59.7 Å². The predicted octanol–water partition coefficient (Wildman–Crippen LogP) is 1.16. The van der Waals surface area contributed by atoms with Gasteiger partial charge < -0.3 is 35.2 Å². The van der Waals surface area contributed by atoms with Gasteiger partial charge in [0.15, 0.2) is 0 Å². The molecule has 42 heavy (non-hydrogen) atoms. The maximum Gasteiger partial charge on any atom is 0.255 e. The minimum atomic E-state index is -1.12. The first kappa shape index (κ1) is 29.4. The molecule has 0 unspecified atom stereocenters. The van der Waals surface area contributed by atoms with Crippen LogP contribution in [-0.2, 0) is 20.8 Å². The highest BCUT2D eigenvalue weighted by atomic mass is 16.5. The molecule has 0 saturated carbocycles. The Kier molecular flexibility index (Phi) is 9.26. The van der Waals surface area contributed by atoms with Crippen LogP contribution in [0.1, 0.15) is 41.6 Å². The zero-order valence-electron chi connectivity index (χ0n) is 24.0. The predicted molar refractivity (Wildman–Crippen MR) is 155 cm³/mol. The van der Waals surface area contributed by atoms with Gasteiger partial charge in [0.05, 0.1) is 18.0 Å². The number of likely N-dealkylation sites (N-methyl/N-ethyl adjacent to an activating group) is 1. The number of nitrogens with one attached hydrogen (secondary N) is 2. The van der Waals surface area contributed by atoms with Gasteiger partial charge in [-0.15, -0.1) is 0 Å². The minimum absolute atomic E-state index is 0.106. The van der Waals surface area contributed by atoms with Crippen molar-refractivity contribution in [1.29, 1.82) is 0 Å².